The molecule has 1 aromatic carbocycles. The summed E-state index contributed by atoms with van der Waals surface area (Å²) >= 11 is 0. The maximum absolute atomic E-state index is 13.5. The molecule has 0 radical (unpaired) electrons. The van der Waals surface area contributed by atoms with Crippen LogP contribution < -0.4 is 5.32 Å². The van der Waals surface area contributed by atoms with Gasteiger partial charge in [-0.3, -0.25) is 4.79 Å². The van der Waals surface area contributed by atoms with Crippen LogP contribution >= 0.6 is 0 Å². The number of benzene rings is 1. The van der Waals surface area contributed by atoms with Gasteiger partial charge in [-0.25, -0.2) is 23.8 Å². The summed E-state index contributed by atoms with van der Waals surface area (Å²) in [6.07, 6.45) is 5.76. The molecule has 29 heavy (non-hydrogen) atoms. The summed E-state index contributed by atoms with van der Waals surface area (Å²) in [5, 5.41) is 17.0. The lowest BCUT2D eigenvalue weighted by Gasteiger charge is -2.23. The van der Waals surface area contributed by atoms with Crippen LogP contribution in [0.3, 0.4) is 0 Å². The van der Waals surface area contributed by atoms with Crippen LogP contribution in [0.5, 0.6) is 0 Å². The number of carbonyl (C=O) groups is 1. The van der Waals surface area contributed by atoms with Crippen molar-refractivity contribution in [3.8, 4) is 6.07 Å². The summed E-state index contributed by atoms with van der Waals surface area (Å²) in [5.74, 6) is -1.25. The third kappa shape index (κ3) is 4.99. The first-order chi connectivity index (χ1) is 14.0. The predicted molar refractivity (Wildman–Crippen MR) is 103 cm³/mol. The van der Waals surface area contributed by atoms with Gasteiger partial charge in [-0.15, -0.1) is 0 Å². The molecular formula is C20H18F2N6O. The Kier molecular flexibility index (Phi) is 6.24. The van der Waals surface area contributed by atoms with Gasteiger partial charge in [0, 0.05) is 30.8 Å². The maximum atomic E-state index is 13.5. The molecular weight excluding hydrogens is 378 g/mol. The van der Waals surface area contributed by atoms with E-state index < -0.39 is 17.7 Å². The van der Waals surface area contributed by atoms with Crippen molar-refractivity contribution in [2.75, 3.05) is 11.9 Å². The molecule has 9 heteroatoms. The van der Waals surface area contributed by atoms with E-state index in [1.165, 1.54) is 29.5 Å². The lowest BCUT2D eigenvalue weighted by molar-refractivity contribution is -0.129. The molecule has 0 spiro atoms. The first kappa shape index (κ1) is 20.1. The Morgan fingerprint density at radius 2 is 2.03 bits per heavy atom. The van der Waals surface area contributed by atoms with Crippen LogP contribution in [-0.4, -0.2) is 33.6 Å². The zero-order chi connectivity index (χ0) is 20.8. The molecule has 1 aliphatic rings. The average molecular weight is 396 g/mol. The molecule has 2 heterocycles. The fraction of sp³-hybridized carbons (Fsp3) is 0.250. The van der Waals surface area contributed by atoms with E-state index in [9.17, 15) is 13.6 Å². The monoisotopic (exact) mass is 396 g/mol. The minimum atomic E-state index is -0.699. The smallest absolute Gasteiger partial charge is 0.269 e. The molecule has 1 aliphatic heterocycles. The van der Waals surface area contributed by atoms with Gasteiger partial charge in [-0.2, -0.15) is 10.4 Å². The number of anilines is 1. The number of halogens is 2. The van der Waals surface area contributed by atoms with Gasteiger partial charge in [0.25, 0.3) is 5.91 Å². The molecule has 1 unspecified atom stereocenters. The molecule has 7 nitrogen and oxygen atoms in total. The van der Waals surface area contributed by atoms with Gasteiger partial charge >= 0.3 is 0 Å². The van der Waals surface area contributed by atoms with E-state index in [4.69, 9.17) is 5.26 Å². The van der Waals surface area contributed by atoms with Gasteiger partial charge in [-0.05, 0) is 30.5 Å². The van der Waals surface area contributed by atoms with Crippen LogP contribution in [0.1, 0.15) is 36.6 Å². The van der Waals surface area contributed by atoms with E-state index in [0.29, 0.717) is 42.8 Å². The van der Waals surface area contributed by atoms with Gasteiger partial charge in [-0.1, -0.05) is 6.58 Å². The topological polar surface area (TPSA) is 94.3 Å². The van der Waals surface area contributed by atoms with Gasteiger partial charge < -0.3 is 5.32 Å². The second-order valence-electron chi connectivity index (χ2n) is 6.43. The molecule has 0 saturated carbocycles. The molecule has 148 valence electrons. The van der Waals surface area contributed by atoms with Crippen molar-refractivity contribution in [3.05, 3.63) is 65.6 Å². The minimum Gasteiger partial charge on any atom is -0.369 e. The number of amides is 1. The second kappa shape index (κ2) is 9.01. The highest BCUT2D eigenvalue weighted by atomic mass is 19.1. The molecule has 1 N–H and O–H groups in total. The molecule has 0 fully saturated rings. The summed E-state index contributed by atoms with van der Waals surface area (Å²) in [5.41, 5.74) is 0.925. The van der Waals surface area contributed by atoms with Crippen molar-refractivity contribution in [2.45, 2.75) is 25.3 Å². The van der Waals surface area contributed by atoms with Crippen molar-refractivity contribution in [2.24, 2.45) is 5.10 Å². The Balaban J connectivity index is 1.52. The lowest BCUT2D eigenvalue weighted by atomic mass is 10.0. The fourth-order valence-electron chi connectivity index (χ4n) is 2.92. The predicted octanol–water partition coefficient (Wildman–Crippen LogP) is 3.33. The Labute approximate surface area is 166 Å². The Bertz CT molecular complexity index is 963. The number of nitrogens with zero attached hydrogens (tertiary/aromatic N) is 5. The number of nitrogens with one attached hydrogen (secondary N) is 1. The SMILES string of the molecule is C=C(CCCNc1cnc(C#N)cn1)C(=O)N1N=CCC1c1cc(F)cc(F)c1. The molecule has 0 aliphatic carbocycles. The maximum Gasteiger partial charge on any atom is 0.269 e. The van der Waals surface area contributed by atoms with Crippen molar-refractivity contribution >= 4 is 17.9 Å². The van der Waals surface area contributed by atoms with E-state index in [-0.39, 0.29) is 11.6 Å². The molecule has 1 amide bonds. The summed E-state index contributed by atoms with van der Waals surface area (Å²) < 4.78 is 27.0. The second-order valence-corrected chi connectivity index (χ2v) is 6.43. The van der Waals surface area contributed by atoms with Crippen molar-refractivity contribution in [3.63, 3.8) is 0 Å². The van der Waals surface area contributed by atoms with Crippen LogP contribution in [-0.2, 0) is 4.79 Å². The Morgan fingerprint density at radius 1 is 1.28 bits per heavy atom. The molecule has 2 aromatic rings. The highest BCUT2D eigenvalue weighted by Gasteiger charge is 2.30. The van der Waals surface area contributed by atoms with E-state index in [1.807, 2.05) is 6.07 Å². The normalized spacial score (nSPS) is 15.2. The quantitative estimate of drug-likeness (QED) is 0.572. The molecule has 0 saturated heterocycles. The van der Waals surface area contributed by atoms with Gasteiger partial charge in [0.2, 0.25) is 0 Å². The third-order valence-electron chi connectivity index (χ3n) is 4.34. The number of nitriles is 1. The van der Waals surface area contributed by atoms with Crippen LogP contribution in [0.25, 0.3) is 0 Å². The number of aromatic nitrogens is 2. The highest BCUT2D eigenvalue weighted by molar-refractivity contribution is 5.94. The molecule has 1 aromatic heterocycles. The highest BCUT2D eigenvalue weighted by Crippen LogP contribution is 2.30. The zero-order valence-electron chi connectivity index (χ0n) is 15.5. The molecule has 3 rings (SSSR count). The largest absolute Gasteiger partial charge is 0.369 e. The third-order valence-corrected chi connectivity index (χ3v) is 4.34. The van der Waals surface area contributed by atoms with Gasteiger partial charge in [0.1, 0.15) is 23.5 Å². The van der Waals surface area contributed by atoms with Crippen molar-refractivity contribution < 1.29 is 13.6 Å². The van der Waals surface area contributed by atoms with Crippen molar-refractivity contribution in [1.82, 2.24) is 15.0 Å². The van der Waals surface area contributed by atoms with E-state index in [0.717, 1.165) is 6.07 Å². The van der Waals surface area contributed by atoms with Crippen molar-refractivity contribution in [1.29, 1.82) is 5.26 Å². The van der Waals surface area contributed by atoms with E-state index in [2.05, 4.69) is 27.0 Å². The fourth-order valence-corrected chi connectivity index (χ4v) is 2.92. The number of hydrazone groups is 1. The average Bonchev–Trinajstić information content (AvgIpc) is 3.20. The minimum absolute atomic E-state index is 0.230. The number of carbonyl (C=O) groups excluding carboxylic acids is 1. The number of hydrogen-bond donors (Lipinski definition) is 1. The molecule has 0 bridgehead atoms. The van der Waals surface area contributed by atoms with E-state index in [1.54, 1.807) is 6.21 Å². The summed E-state index contributed by atoms with van der Waals surface area (Å²) in [4.78, 5) is 20.6. The van der Waals surface area contributed by atoms with Crippen LogP contribution in [0.2, 0.25) is 0 Å². The van der Waals surface area contributed by atoms with Gasteiger partial charge in [0.15, 0.2) is 5.69 Å². The summed E-state index contributed by atoms with van der Waals surface area (Å²) in [7, 11) is 0. The first-order valence-corrected chi connectivity index (χ1v) is 8.93. The number of hydrogen-bond acceptors (Lipinski definition) is 6. The lowest BCUT2D eigenvalue weighted by Crippen LogP contribution is -2.28. The van der Waals surface area contributed by atoms with Crippen LogP contribution in [0.15, 0.2) is 47.8 Å². The Hall–Kier alpha value is -3.67. The first-order valence-electron chi connectivity index (χ1n) is 8.93. The standard InChI is InChI=1S/C20H18F2N6O/c1-13(3-2-5-24-19-12-25-17(10-23)11-26-19)20(29)28-18(4-6-27-28)14-7-15(21)9-16(22)8-14/h6-9,11-12,18H,1-5H2,(H,24,26). The molecule has 1 atom stereocenters. The van der Waals surface area contributed by atoms with Crippen LogP contribution in [0, 0.1) is 23.0 Å². The summed E-state index contributed by atoms with van der Waals surface area (Å²) in [6, 6.07) is 4.52. The zero-order valence-corrected chi connectivity index (χ0v) is 15.5. The Morgan fingerprint density at radius 3 is 2.69 bits per heavy atom. The summed E-state index contributed by atoms with van der Waals surface area (Å²) in [6.45, 7) is 4.35. The van der Waals surface area contributed by atoms with Crippen LogP contribution in [0.4, 0.5) is 14.6 Å². The van der Waals surface area contributed by atoms with Gasteiger partial charge in [0.05, 0.1) is 18.4 Å². The van der Waals surface area contributed by atoms with E-state index >= 15 is 0 Å². The number of rotatable bonds is 7.